The lowest BCUT2D eigenvalue weighted by molar-refractivity contribution is -0.147. The highest BCUT2D eigenvalue weighted by molar-refractivity contribution is 5.92. The lowest BCUT2D eigenvalue weighted by Crippen LogP contribution is -2.51. The maximum atomic E-state index is 12.4. The molecule has 2 aliphatic heterocycles. The van der Waals surface area contributed by atoms with E-state index < -0.39 is 0 Å². The molecule has 23 heavy (non-hydrogen) atoms. The van der Waals surface area contributed by atoms with Crippen molar-refractivity contribution in [2.24, 2.45) is 5.92 Å². The molecular weight excluding hydrogens is 294 g/mol. The van der Waals surface area contributed by atoms with Crippen LogP contribution in [-0.2, 0) is 14.3 Å². The van der Waals surface area contributed by atoms with Crippen molar-refractivity contribution >= 4 is 17.5 Å². The van der Waals surface area contributed by atoms with Gasteiger partial charge in [0.15, 0.2) is 0 Å². The van der Waals surface area contributed by atoms with Crippen LogP contribution >= 0.6 is 0 Å². The molecule has 2 amide bonds. The topological polar surface area (TPSA) is 70.7 Å². The number of piperidine rings is 1. The smallest absolute Gasteiger partial charge is 0.253 e. The molecule has 2 aliphatic rings. The number of anilines is 1. The second kappa shape index (κ2) is 7.57. The molecule has 0 bridgehead atoms. The molecule has 2 saturated heterocycles. The van der Waals surface area contributed by atoms with Crippen molar-refractivity contribution in [2.75, 3.05) is 38.1 Å². The molecule has 0 spiro atoms. The van der Waals surface area contributed by atoms with Crippen LogP contribution in [0.2, 0.25) is 0 Å². The van der Waals surface area contributed by atoms with Gasteiger partial charge in [-0.2, -0.15) is 0 Å². The van der Waals surface area contributed by atoms with Gasteiger partial charge in [0.25, 0.3) is 5.91 Å². The summed E-state index contributed by atoms with van der Waals surface area (Å²) in [7, 11) is 0. The molecule has 0 aliphatic carbocycles. The minimum Gasteiger partial charge on any atom is -0.366 e. The summed E-state index contributed by atoms with van der Waals surface area (Å²) in [4.78, 5) is 26.5. The molecular formula is C17H23N3O3. The van der Waals surface area contributed by atoms with Gasteiger partial charge in [-0.3, -0.25) is 9.59 Å². The van der Waals surface area contributed by atoms with E-state index in [4.69, 9.17) is 4.74 Å². The Kier molecular flexibility index (Phi) is 5.25. The average Bonchev–Trinajstić information content (AvgIpc) is 2.63. The molecule has 1 unspecified atom stereocenters. The Labute approximate surface area is 136 Å². The number of nitrogens with zero attached hydrogens (tertiary/aromatic N) is 1. The number of hydrogen-bond donors (Lipinski definition) is 2. The Bertz CT molecular complexity index is 535. The van der Waals surface area contributed by atoms with Crippen molar-refractivity contribution in [3.05, 3.63) is 30.3 Å². The van der Waals surface area contributed by atoms with Crippen molar-refractivity contribution in [3.8, 4) is 0 Å². The number of morpholine rings is 1. The van der Waals surface area contributed by atoms with Gasteiger partial charge in [0.1, 0.15) is 6.10 Å². The molecule has 2 fully saturated rings. The van der Waals surface area contributed by atoms with E-state index in [2.05, 4.69) is 10.6 Å². The van der Waals surface area contributed by atoms with Crippen LogP contribution in [0.15, 0.2) is 30.3 Å². The second-order valence-electron chi connectivity index (χ2n) is 6.02. The number of amides is 2. The van der Waals surface area contributed by atoms with Gasteiger partial charge in [0, 0.05) is 37.8 Å². The van der Waals surface area contributed by atoms with Gasteiger partial charge in [0.05, 0.1) is 6.61 Å². The summed E-state index contributed by atoms with van der Waals surface area (Å²) in [6.45, 7) is 3.18. The van der Waals surface area contributed by atoms with E-state index >= 15 is 0 Å². The van der Waals surface area contributed by atoms with Crippen molar-refractivity contribution in [1.29, 1.82) is 0 Å². The minimum atomic E-state index is -0.376. The molecule has 0 saturated carbocycles. The Morgan fingerprint density at radius 1 is 1.17 bits per heavy atom. The summed E-state index contributed by atoms with van der Waals surface area (Å²) in [5.74, 6) is 0.0441. The number of carbonyl (C=O) groups excluding carboxylic acids is 2. The largest absolute Gasteiger partial charge is 0.366 e. The number of benzene rings is 1. The first-order valence-electron chi connectivity index (χ1n) is 8.21. The first-order chi connectivity index (χ1) is 11.2. The van der Waals surface area contributed by atoms with Crippen molar-refractivity contribution in [3.63, 3.8) is 0 Å². The lowest BCUT2D eigenvalue weighted by atomic mass is 9.95. The highest BCUT2D eigenvalue weighted by Gasteiger charge is 2.31. The fraction of sp³-hybridized carbons (Fsp3) is 0.529. The zero-order valence-electron chi connectivity index (χ0n) is 13.2. The monoisotopic (exact) mass is 317 g/mol. The van der Waals surface area contributed by atoms with E-state index in [0.717, 1.165) is 12.2 Å². The fourth-order valence-corrected chi connectivity index (χ4v) is 3.06. The Morgan fingerprint density at radius 2 is 1.91 bits per heavy atom. The van der Waals surface area contributed by atoms with Crippen LogP contribution in [0.25, 0.3) is 0 Å². The van der Waals surface area contributed by atoms with Gasteiger partial charge in [-0.25, -0.2) is 0 Å². The van der Waals surface area contributed by atoms with Crippen molar-refractivity contribution < 1.29 is 14.3 Å². The van der Waals surface area contributed by atoms with Crippen LogP contribution in [0.1, 0.15) is 12.8 Å². The van der Waals surface area contributed by atoms with Gasteiger partial charge in [0.2, 0.25) is 5.91 Å². The van der Waals surface area contributed by atoms with Gasteiger partial charge >= 0.3 is 0 Å². The Hall–Kier alpha value is -1.92. The van der Waals surface area contributed by atoms with Crippen LogP contribution in [-0.4, -0.2) is 55.6 Å². The van der Waals surface area contributed by atoms with Crippen LogP contribution in [0.5, 0.6) is 0 Å². The van der Waals surface area contributed by atoms with Gasteiger partial charge < -0.3 is 20.3 Å². The number of ether oxygens (including phenoxy) is 1. The van der Waals surface area contributed by atoms with E-state index in [9.17, 15) is 9.59 Å². The van der Waals surface area contributed by atoms with E-state index in [-0.39, 0.29) is 23.8 Å². The third-order valence-corrected chi connectivity index (χ3v) is 4.42. The summed E-state index contributed by atoms with van der Waals surface area (Å²) in [5, 5.41) is 6.11. The zero-order chi connectivity index (χ0) is 16.1. The first-order valence-corrected chi connectivity index (χ1v) is 8.21. The maximum Gasteiger partial charge on any atom is 0.253 e. The van der Waals surface area contributed by atoms with E-state index in [1.165, 1.54) is 0 Å². The maximum absolute atomic E-state index is 12.4. The third-order valence-electron chi connectivity index (χ3n) is 4.42. The SMILES string of the molecule is O=C(Nc1ccccc1)C1CCN(C(=O)C2CNCCO2)CC1. The summed E-state index contributed by atoms with van der Waals surface area (Å²) < 4.78 is 5.51. The third kappa shape index (κ3) is 4.09. The summed E-state index contributed by atoms with van der Waals surface area (Å²) in [6, 6.07) is 9.47. The van der Waals surface area contributed by atoms with Crippen LogP contribution in [0, 0.1) is 5.92 Å². The Balaban J connectivity index is 1.48. The van der Waals surface area contributed by atoms with Gasteiger partial charge in [-0.05, 0) is 25.0 Å². The molecule has 6 heteroatoms. The number of carbonyl (C=O) groups is 2. The minimum absolute atomic E-state index is 0.0374. The molecule has 1 aromatic carbocycles. The summed E-state index contributed by atoms with van der Waals surface area (Å²) >= 11 is 0. The number of para-hydroxylation sites is 1. The fourth-order valence-electron chi connectivity index (χ4n) is 3.06. The summed E-state index contributed by atoms with van der Waals surface area (Å²) in [6.07, 6.45) is 1.02. The van der Waals surface area contributed by atoms with E-state index in [0.29, 0.717) is 39.1 Å². The highest BCUT2D eigenvalue weighted by atomic mass is 16.5. The van der Waals surface area contributed by atoms with Crippen molar-refractivity contribution in [2.45, 2.75) is 18.9 Å². The molecule has 3 rings (SSSR count). The lowest BCUT2D eigenvalue weighted by Gasteiger charge is -2.34. The standard InChI is InChI=1S/C17H23N3O3/c21-16(19-14-4-2-1-3-5-14)13-6-9-20(10-7-13)17(22)15-12-18-8-11-23-15/h1-5,13,15,18H,6-12H2,(H,19,21). The van der Waals surface area contributed by atoms with Crippen LogP contribution in [0.3, 0.4) is 0 Å². The quantitative estimate of drug-likeness (QED) is 0.867. The molecule has 1 atom stereocenters. The molecule has 124 valence electrons. The van der Waals surface area contributed by atoms with E-state index in [1.54, 1.807) is 0 Å². The molecule has 0 radical (unpaired) electrons. The van der Waals surface area contributed by atoms with Crippen LogP contribution in [0.4, 0.5) is 5.69 Å². The second-order valence-corrected chi connectivity index (χ2v) is 6.02. The van der Waals surface area contributed by atoms with E-state index in [1.807, 2.05) is 35.2 Å². The normalized spacial score (nSPS) is 22.6. The van der Waals surface area contributed by atoms with Crippen molar-refractivity contribution in [1.82, 2.24) is 10.2 Å². The predicted octanol–water partition coefficient (Wildman–Crippen LogP) is 0.852. The number of hydrogen-bond acceptors (Lipinski definition) is 4. The van der Waals surface area contributed by atoms with Gasteiger partial charge in [-0.15, -0.1) is 0 Å². The molecule has 2 N–H and O–H groups in total. The molecule has 0 aromatic heterocycles. The molecule has 2 heterocycles. The highest BCUT2D eigenvalue weighted by Crippen LogP contribution is 2.20. The number of likely N-dealkylation sites (tertiary alicyclic amines) is 1. The molecule has 1 aromatic rings. The predicted molar refractivity (Wildman–Crippen MR) is 87.0 cm³/mol. The van der Waals surface area contributed by atoms with Gasteiger partial charge in [-0.1, -0.05) is 18.2 Å². The average molecular weight is 317 g/mol. The first kappa shape index (κ1) is 16.0. The Morgan fingerprint density at radius 3 is 2.57 bits per heavy atom. The molecule has 6 nitrogen and oxygen atoms in total. The zero-order valence-corrected chi connectivity index (χ0v) is 13.2. The van der Waals surface area contributed by atoms with Crippen LogP contribution < -0.4 is 10.6 Å². The number of rotatable bonds is 3. The number of nitrogens with one attached hydrogen (secondary N) is 2. The summed E-state index contributed by atoms with van der Waals surface area (Å²) in [5.41, 5.74) is 0.817.